The first kappa shape index (κ1) is 17.3. The van der Waals surface area contributed by atoms with E-state index in [1.165, 1.54) is 58.0 Å². The minimum atomic E-state index is 0.357. The Morgan fingerprint density at radius 3 is 2.41 bits per heavy atom. The molecule has 2 aliphatic rings. The number of aliphatic imine (C=N–C) groups is 1. The van der Waals surface area contributed by atoms with Crippen LogP contribution < -0.4 is 0 Å². The molecule has 2 fully saturated rings. The molecule has 0 aromatic rings. The third-order valence-electron chi connectivity index (χ3n) is 5.87. The molecule has 1 aliphatic carbocycles. The largest absolute Gasteiger partial charge is 0.305 e. The average Bonchev–Trinajstić information content (AvgIpc) is 2.55. The third-order valence-corrected chi connectivity index (χ3v) is 5.87. The second-order valence-electron chi connectivity index (χ2n) is 7.41. The summed E-state index contributed by atoms with van der Waals surface area (Å²) < 4.78 is 0. The van der Waals surface area contributed by atoms with Crippen LogP contribution in [0.2, 0.25) is 0 Å². The Balaban J connectivity index is 2.12. The Morgan fingerprint density at radius 1 is 1.27 bits per heavy atom. The fourth-order valence-electron chi connectivity index (χ4n) is 4.46. The Bertz CT molecular complexity index is 396. The molecule has 4 nitrogen and oxygen atoms in total. The van der Waals surface area contributed by atoms with Crippen LogP contribution >= 0.6 is 0 Å². The van der Waals surface area contributed by atoms with Crippen LogP contribution in [0.25, 0.3) is 4.95 Å². The number of likely N-dealkylation sites (tertiary alicyclic amines) is 1. The maximum Gasteiger partial charge on any atom is 0.305 e. The van der Waals surface area contributed by atoms with Gasteiger partial charge in [0.05, 0.1) is 4.95 Å². The molecule has 0 radical (unpaired) electrons. The summed E-state index contributed by atoms with van der Waals surface area (Å²) in [5, 5.41) is 1.86. The van der Waals surface area contributed by atoms with E-state index in [-0.39, 0.29) is 0 Å². The summed E-state index contributed by atoms with van der Waals surface area (Å²) in [6.45, 7) is 13.5. The summed E-state index contributed by atoms with van der Waals surface area (Å²) in [6.07, 6.45) is 11.3. The number of nitrogens with zero attached hydrogens (tertiary/aromatic N) is 4. The summed E-state index contributed by atoms with van der Waals surface area (Å²) in [7, 11) is 1.78. The van der Waals surface area contributed by atoms with E-state index in [0.717, 1.165) is 12.5 Å². The number of hydrogen-bond acceptors (Lipinski definition) is 2. The first-order valence-electron chi connectivity index (χ1n) is 8.95. The molecule has 124 valence electrons. The molecule has 1 saturated heterocycles. The van der Waals surface area contributed by atoms with Crippen LogP contribution in [-0.2, 0) is 0 Å². The van der Waals surface area contributed by atoms with Gasteiger partial charge in [-0.15, -0.1) is 0 Å². The lowest BCUT2D eigenvalue weighted by Gasteiger charge is -2.48. The number of piperidine rings is 1. The van der Waals surface area contributed by atoms with Gasteiger partial charge in [0.15, 0.2) is 6.34 Å². The Labute approximate surface area is 136 Å². The molecule has 22 heavy (non-hydrogen) atoms. The van der Waals surface area contributed by atoms with E-state index < -0.39 is 0 Å². The van der Waals surface area contributed by atoms with Gasteiger partial charge in [-0.05, 0) is 63.5 Å². The smallest absolute Gasteiger partial charge is 0.301 e. The van der Waals surface area contributed by atoms with Gasteiger partial charge in [0, 0.05) is 18.5 Å². The lowest BCUT2D eigenvalue weighted by atomic mass is 9.63. The molecule has 0 aromatic heterocycles. The summed E-state index contributed by atoms with van der Waals surface area (Å²) in [6, 6.07) is 0.650. The Morgan fingerprint density at radius 2 is 1.91 bits per heavy atom. The summed E-state index contributed by atoms with van der Waals surface area (Å²) >= 11 is 0. The molecule has 4 heteroatoms. The molecule has 0 amide bonds. The van der Waals surface area contributed by atoms with E-state index in [9.17, 15) is 0 Å². The molecule has 0 spiro atoms. The quantitative estimate of drug-likeness (QED) is 0.437. The molecule has 1 aliphatic heterocycles. The molecule has 1 saturated carbocycles. The highest BCUT2D eigenvalue weighted by Crippen LogP contribution is 2.46. The maximum absolute atomic E-state index is 5.59. The second kappa shape index (κ2) is 7.97. The van der Waals surface area contributed by atoms with E-state index in [4.69, 9.17) is 6.57 Å². The predicted octanol–water partition coefficient (Wildman–Crippen LogP) is 3.90. The molecule has 2 rings (SSSR count). The minimum absolute atomic E-state index is 0.357. The highest BCUT2D eigenvalue weighted by Gasteiger charge is 2.44. The Kier molecular flexibility index (Phi) is 6.26. The molecule has 0 atom stereocenters. The van der Waals surface area contributed by atoms with Crippen molar-refractivity contribution < 1.29 is 0 Å². The molecule has 0 bridgehead atoms. The minimum Gasteiger partial charge on any atom is -0.301 e. The van der Waals surface area contributed by atoms with Gasteiger partial charge in [0.25, 0.3) is 0 Å². The van der Waals surface area contributed by atoms with E-state index >= 15 is 0 Å². The van der Waals surface area contributed by atoms with Crippen LogP contribution in [0.4, 0.5) is 0 Å². The maximum atomic E-state index is 5.59. The highest BCUT2D eigenvalue weighted by atomic mass is 15.4. The van der Waals surface area contributed by atoms with Crippen molar-refractivity contribution in [2.45, 2.75) is 64.8 Å². The zero-order valence-electron chi connectivity index (χ0n) is 14.7. The van der Waals surface area contributed by atoms with Gasteiger partial charge in [0.1, 0.15) is 6.54 Å². The fourth-order valence-corrected chi connectivity index (χ4v) is 4.46. The van der Waals surface area contributed by atoms with Gasteiger partial charge >= 0.3 is 6.57 Å². The van der Waals surface area contributed by atoms with Gasteiger partial charge in [-0.25, -0.2) is 0 Å². The normalized spacial score (nSPS) is 23.8. The van der Waals surface area contributed by atoms with Crippen molar-refractivity contribution in [1.82, 2.24) is 9.91 Å². The highest BCUT2D eigenvalue weighted by molar-refractivity contribution is 5.55. The van der Waals surface area contributed by atoms with Gasteiger partial charge in [-0.1, -0.05) is 19.3 Å². The van der Waals surface area contributed by atoms with Gasteiger partial charge in [0.2, 0.25) is 0 Å². The van der Waals surface area contributed by atoms with Crippen molar-refractivity contribution in [1.29, 1.82) is 0 Å². The van der Waals surface area contributed by atoms with Crippen LogP contribution in [0.3, 0.4) is 0 Å². The monoisotopic (exact) mass is 305 g/mol. The SMILES string of the molecule is C#[N+]N(C=NC)CC1(C2CCCCC2)CCN(C(C)C)CC1. The van der Waals surface area contributed by atoms with Crippen LogP contribution in [0.15, 0.2) is 4.99 Å². The summed E-state index contributed by atoms with van der Waals surface area (Å²) in [5.41, 5.74) is 0.357. The van der Waals surface area contributed by atoms with Gasteiger partial charge in [-0.2, -0.15) is 0 Å². The fraction of sp³-hybridized carbons (Fsp3) is 0.889. The zero-order valence-corrected chi connectivity index (χ0v) is 14.7. The van der Waals surface area contributed by atoms with Crippen LogP contribution in [-0.4, -0.2) is 49.0 Å². The van der Waals surface area contributed by atoms with Gasteiger partial charge in [-0.3, -0.25) is 4.99 Å². The summed E-state index contributed by atoms with van der Waals surface area (Å²) in [5.74, 6) is 0.824. The molecule has 1 heterocycles. The van der Waals surface area contributed by atoms with Gasteiger partial charge < -0.3 is 4.90 Å². The lowest BCUT2D eigenvalue weighted by Crippen LogP contribution is -2.50. The predicted molar refractivity (Wildman–Crippen MR) is 94.4 cm³/mol. The van der Waals surface area contributed by atoms with E-state index in [1.807, 2.05) is 5.01 Å². The molecule has 0 aromatic carbocycles. The molecular formula is C18H33N4+. The van der Waals surface area contributed by atoms with E-state index in [1.54, 1.807) is 13.4 Å². The lowest BCUT2D eigenvalue weighted by molar-refractivity contribution is 0.00931. The molecule has 0 unspecified atom stereocenters. The van der Waals surface area contributed by atoms with Crippen molar-refractivity contribution in [3.8, 4) is 6.57 Å². The van der Waals surface area contributed by atoms with Crippen molar-refractivity contribution in [2.75, 3.05) is 26.7 Å². The van der Waals surface area contributed by atoms with Crippen LogP contribution in [0, 0.1) is 17.9 Å². The van der Waals surface area contributed by atoms with Crippen LogP contribution in [0.1, 0.15) is 58.8 Å². The van der Waals surface area contributed by atoms with E-state index in [2.05, 4.69) is 28.7 Å². The van der Waals surface area contributed by atoms with Crippen molar-refractivity contribution >= 4 is 6.34 Å². The van der Waals surface area contributed by atoms with E-state index in [0.29, 0.717) is 11.5 Å². The molecular weight excluding hydrogens is 272 g/mol. The van der Waals surface area contributed by atoms with Crippen molar-refractivity contribution in [2.24, 2.45) is 16.3 Å². The first-order chi connectivity index (χ1) is 10.6. The first-order valence-corrected chi connectivity index (χ1v) is 8.95. The standard InChI is InChI=1S/C18H33N4/c1-16(2)21-12-10-18(11-13-21,14-22(20-4)15-19-3)17-8-6-5-7-9-17/h4,15-17H,5-14H2,1-3H3/q+1. The third kappa shape index (κ3) is 4.01. The summed E-state index contributed by atoms with van der Waals surface area (Å²) in [4.78, 5) is 10.7. The van der Waals surface area contributed by atoms with Crippen LogP contribution in [0.5, 0.6) is 0 Å². The molecule has 0 N–H and O–H groups in total. The zero-order chi connectivity index (χ0) is 16.0. The topological polar surface area (TPSA) is 23.2 Å². The van der Waals surface area contributed by atoms with Crippen molar-refractivity contribution in [3.05, 3.63) is 4.95 Å². The van der Waals surface area contributed by atoms with Crippen molar-refractivity contribution in [3.63, 3.8) is 0 Å². The average molecular weight is 305 g/mol. The Hall–Kier alpha value is -1.08. The second-order valence-corrected chi connectivity index (χ2v) is 7.41. The number of hydrogen-bond donors (Lipinski definition) is 0. The number of rotatable bonds is 5.